The average molecular weight is 494 g/mol. The van der Waals surface area contributed by atoms with Crippen LogP contribution in [0.15, 0.2) is 94.8 Å². The Labute approximate surface area is 215 Å². The Morgan fingerprint density at radius 3 is 2.27 bits per heavy atom. The molecule has 0 unspecified atom stereocenters. The van der Waals surface area contributed by atoms with E-state index in [2.05, 4.69) is 47.7 Å². The van der Waals surface area contributed by atoms with Crippen molar-refractivity contribution in [2.24, 2.45) is 13.0 Å². The second kappa shape index (κ2) is 9.93. The molecule has 3 heterocycles. The van der Waals surface area contributed by atoms with Crippen LogP contribution in [0.25, 0.3) is 22.2 Å². The highest BCUT2D eigenvalue weighted by Crippen LogP contribution is 2.32. The van der Waals surface area contributed by atoms with Crippen LogP contribution in [0.2, 0.25) is 0 Å². The minimum Gasteiger partial charge on any atom is -0.330 e. The lowest BCUT2D eigenvalue weighted by atomic mass is 10.1. The number of nitrogens with zero attached hydrogens (tertiary/aromatic N) is 5. The van der Waals surface area contributed by atoms with Gasteiger partial charge in [-0.15, -0.1) is 0 Å². The Morgan fingerprint density at radius 2 is 1.62 bits per heavy atom. The third-order valence-corrected chi connectivity index (χ3v) is 6.63. The van der Waals surface area contributed by atoms with E-state index in [9.17, 15) is 9.59 Å². The van der Waals surface area contributed by atoms with Gasteiger partial charge < -0.3 is 9.47 Å². The molecule has 0 N–H and O–H groups in total. The topological polar surface area (TPSA) is 65.1 Å². The zero-order chi connectivity index (χ0) is 26.1. The Kier molecular flexibility index (Phi) is 6.53. The van der Waals surface area contributed by atoms with Gasteiger partial charge in [0, 0.05) is 50.8 Å². The summed E-state index contributed by atoms with van der Waals surface area (Å²) in [6.07, 6.45) is 3.74. The largest absolute Gasteiger partial charge is 0.331 e. The van der Waals surface area contributed by atoms with E-state index in [-0.39, 0.29) is 17.2 Å². The van der Waals surface area contributed by atoms with Gasteiger partial charge in [-0.3, -0.25) is 18.9 Å². The van der Waals surface area contributed by atoms with Crippen LogP contribution in [0, 0.1) is 5.92 Å². The van der Waals surface area contributed by atoms with E-state index in [0.717, 1.165) is 28.3 Å². The van der Waals surface area contributed by atoms with Crippen molar-refractivity contribution in [3.8, 4) is 11.3 Å². The third-order valence-electron chi connectivity index (χ3n) is 6.63. The number of anilines is 2. The first-order chi connectivity index (χ1) is 17.8. The molecule has 37 heavy (non-hydrogen) atoms. The van der Waals surface area contributed by atoms with Crippen molar-refractivity contribution in [2.45, 2.75) is 26.9 Å². The van der Waals surface area contributed by atoms with E-state index in [1.54, 1.807) is 17.8 Å². The second-order valence-electron chi connectivity index (χ2n) is 9.80. The molecule has 188 valence electrons. The first-order valence-electron chi connectivity index (χ1n) is 12.5. The Balaban J connectivity index is 1.68. The smallest absolute Gasteiger partial charge is 0.330 e. The van der Waals surface area contributed by atoms with E-state index >= 15 is 0 Å². The van der Waals surface area contributed by atoms with E-state index in [1.807, 2.05) is 66.7 Å². The van der Waals surface area contributed by atoms with Crippen LogP contribution in [0.5, 0.6) is 0 Å². The summed E-state index contributed by atoms with van der Waals surface area (Å²) in [6, 6.07) is 24.1. The van der Waals surface area contributed by atoms with Crippen LogP contribution >= 0.6 is 0 Å². The fourth-order valence-electron chi connectivity index (χ4n) is 4.79. The molecule has 0 saturated heterocycles. The third kappa shape index (κ3) is 4.60. The molecule has 0 fully saturated rings. The van der Waals surface area contributed by atoms with Crippen molar-refractivity contribution in [1.82, 2.24) is 18.7 Å². The molecule has 0 saturated carbocycles. The number of rotatable bonds is 7. The summed E-state index contributed by atoms with van der Waals surface area (Å²) in [7, 11) is 3.52. The highest BCUT2D eigenvalue weighted by Gasteiger charge is 2.23. The number of fused-ring (bicyclic) bond motifs is 1. The maximum absolute atomic E-state index is 13.5. The van der Waals surface area contributed by atoms with E-state index in [4.69, 9.17) is 0 Å². The SMILES string of the molecule is CC(C)Cn1c(=O)n(C)c(=O)c2c(N(C)c3ccccc3)n(Cc3ccc(-c4ccccn4)cc3)cc21. The molecule has 0 aliphatic heterocycles. The monoisotopic (exact) mass is 493 g/mol. The van der Waals surface area contributed by atoms with E-state index in [0.29, 0.717) is 24.0 Å². The number of para-hydroxylation sites is 1. The summed E-state index contributed by atoms with van der Waals surface area (Å²) >= 11 is 0. The van der Waals surface area contributed by atoms with Gasteiger partial charge in [0.15, 0.2) is 0 Å². The van der Waals surface area contributed by atoms with E-state index in [1.165, 1.54) is 4.57 Å². The zero-order valence-electron chi connectivity index (χ0n) is 21.6. The summed E-state index contributed by atoms with van der Waals surface area (Å²) in [5.74, 6) is 1.00. The molecule has 7 nitrogen and oxygen atoms in total. The molecule has 0 aliphatic rings. The normalized spacial score (nSPS) is 11.4. The van der Waals surface area contributed by atoms with Gasteiger partial charge in [-0.05, 0) is 35.7 Å². The van der Waals surface area contributed by atoms with Crippen molar-refractivity contribution in [3.63, 3.8) is 0 Å². The first kappa shape index (κ1) is 24.3. The van der Waals surface area contributed by atoms with Crippen LogP contribution < -0.4 is 16.1 Å². The Morgan fingerprint density at radius 1 is 0.919 bits per heavy atom. The van der Waals surface area contributed by atoms with Gasteiger partial charge in [0.1, 0.15) is 11.2 Å². The standard InChI is InChI=1S/C30H31N5O2/c1-21(2)18-35-26-20-34(19-22-13-15-23(16-14-22)25-12-8-9-17-31-25)28(27(26)29(36)33(4)30(35)37)32(3)24-10-6-5-7-11-24/h5-17,20-21H,18-19H2,1-4H3. The number of aromatic nitrogens is 4. The number of benzene rings is 2. The van der Waals surface area contributed by atoms with Crippen molar-refractivity contribution in [1.29, 1.82) is 0 Å². The molecule has 0 spiro atoms. The van der Waals surface area contributed by atoms with Gasteiger partial charge in [0.2, 0.25) is 0 Å². The number of hydrogen-bond acceptors (Lipinski definition) is 4. The Bertz CT molecular complexity index is 1650. The lowest BCUT2D eigenvalue weighted by Gasteiger charge is -2.22. The van der Waals surface area contributed by atoms with Crippen LogP contribution in [0.1, 0.15) is 19.4 Å². The molecule has 5 aromatic rings. The predicted molar refractivity (Wildman–Crippen MR) is 150 cm³/mol. The summed E-state index contributed by atoms with van der Waals surface area (Å²) in [6.45, 7) is 5.21. The van der Waals surface area contributed by atoms with Crippen LogP contribution in [0.3, 0.4) is 0 Å². The lowest BCUT2D eigenvalue weighted by molar-refractivity contribution is 0.502. The highest BCUT2D eigenvalue weighted by atomic mass is 16.2. The van der Waals surface area contributed by atoms with Gasteiger partial charge in [0.05, 0.1) is 11.2 Å². The minimum absolute atomic E-state index is 0.246. The Hall–Kier alpha value is -4.39. The van der Waals surface area contributed by atoms with Gasteiger partial charge in [-0.1, -0.05) is 62.4 Å². The van der Waals surface area contributed by atoms with Gasteiger partial charge in [0.25, 0.3) is 5.56 Å². The minimum atomic E-state index is -0.294. The lowest BCUT2D eigenvalue weighted by Crippen LogP contribution is -2.38. The van der Waals surface area contributed by atoms with Gasteiger partial charge in [-0.2, -0.15) is 0 Å². The summed E-state index contributed by atoms with van der Waals surface area (Å²) in [4.78, 5) is 33.1. The van der Waals surface area contributed by atoms with E-state index < -0.39 is 0 Å². The van der Waals surface area contributed by atoms with Crippen molar-refractivity contribution in [2.75, 3.05) is 11.9 Å². The molecule has 5 rings (SSSR count). The molecular weight excluding hydrogens is 462 g/mol. The van der Waals surface area contributed by atoms with Crippen LogP contribution in [0.4, 0.5) is 11.5 Å². The second-order valence-corrected chi connectivity index (χ2v) is 9.80. The summed E-state index contributed by atoms with van der Waals surface area (Å²) in [5.41, 5.74) is 4.08. The molecule has 0 aliphatic carbocycles. The number of pyridine rings is 1. The van der Waals surface area contributed by atoms with Gasteiger partial charge >= 0.3 is 5.69 Å². The molecular formula is C30H31N5O2. The average Bonchev–Trinajstić information content (AvgIpc) is 3.29. The quantitative estimate of drug-likeness (QED) is 0.319. The van der Waals surface area contributed by atoms with Crippen molar-refractivity contribution in [3.05, 3.63) is 112 Å². The molecule has 0 radical (unpaired) electrons. The molecule has 2 aromatic carbocycles. The fourth-order valence-corrected chi connectivity index (χ4v) is 4.79. The molecule has 3 aromatic heterocycles. The van der Waals surface area contributed by atoms with Gasteiger partial charge in [-0.25, -0.2) is 4.79 Å². The van der Waals surface area contributed by atoms with Crippen molar-refractivity contribution < 1.29 is 0 Å². The zero-order valence-corrected chi connectivity index (χ0v) is 21.6. The molecule has 0 atom stereocenters. The summed E-state index contributed by atoms with van der Waals surface area (Å²) in [5, 5.41) is 0.541. The first-order valence-corrected chi connectivity index (χ1v) is 12.5. The fraction of sp³-hybridized carbons (Fsp3) is 0.233. The highest BCUT2D eigenvalue weighted by molar-refractivity contribution is 5.93. The maximum Gasteiger partial charge on any atom is 0.331 e. The van der Waals surface area contributed by atoms with Crippen LogP contribution in [-0.4, -0.2) is 25.7 Å². The predicted octanol–water partition coefficient (Wildman–Crippen LogP) is 5.04. The maximum atomic E-state index is 13.5. The van der Waals surface area contributed by atoms with Crippen LogP contribution in [-0.2, 0) is 20.1 Å². The number of hydrogen-bond donors (Lipinski definition) is 0. The molecule has 0 bridgehead atoms. The molecule has 0 amide bonds. The summed E-state index contributed by atoms with van der Waals surface area (Å²) < 4.78 is 5.02. The molecule has 7 heteroatoms. The van der Waals surface area contributed by atoms with Crippen molar-refractivity contribution >= 4 is 22.4 Å².